The molecule has 0 aliphatic carbocycles. The van der Waals surface area contributed by atoms with Crippen molar-refractivity contribution in [2.24, 2.45) is 0 Å². The number of fused-ring (bicyclic) bond motifs is 7. The van der Waals surface area contributed by atoms with Crippen molar-refractivity contribution in [3.8, 4) is 0 Å². The Bertz CT molecular complexity index is 1220. The van der Waals surface area contributed by atoms with Crippen molar-refractivity contribution in [1.29, 1.82) is 0 Å². The zero-order valence-corrected chi connectivity index (χ0v) is 12.6. The van der Waals surface area contributed by atoms with Crippen molar-refractivity contribution >= 4 is 48.8 Å². The molecule has 0 saturated carbocycles. The van der Waals surface area contributed by atoms with Gasteiger partial charge in [0.05, 0.1) is 0 Å². The Kier molecular flexibility index (Phi) is 2.42. The van der Waals surface area contributed by atoms with Gasteiger partial charge in [-0.15, -0.1) is 0 Å². The minimum Gasteiger partial charge on any atom is -0.398 e. The van der Waals surface area contributed by atoms with Crippen LogP contribution in [-0.4, -0.2) is 0 Å². The SMILES string of the molecule is Nc1c2ccccc2cc2c3ccccc3c3ccccc3c12. The second-order valence-electron chi connectivity index (χ2n) is 6.03. The van der Waals surface area contributed by atoms with E-state index in [1.54, 1.807) is 0 Å². The summed E-state index contributed by atoms with van der Waals surface area (Å²) in [7, 11) is 0. The summed E-state index contributed by atoms with van der Waals surface area (Å²) in [6.45, 7) is 0. The van der Waals surface area contributed by atoms with Gasteiger partial charge in [-0.25, -0.2) is 0 Å². The fourth-order valence-corrected chi connectivity index (χ4v) is 3.77. The van der Waals surface area contributed by atoms with E-state index in [9.17, 15) is 0 Å². The maximum Gasteiger partial charge on any atom is 0.0479 e. The van der Waals surface area contributed by atoms with E-state index in [1.165, 1.54) is 32.3 Å². The highest BCUT2D eigenvalue weighted by Gasteiger charge is 2.12. The van der Waals surface area contributed by atoms with Crippen LogP contribution in [0.25, 0.3) is 43.1 Å². The molecular formula is C22H15N. The van der Waals surface area contributed by atoms with Gasteiger partial charge in [-0.1, -0.05) is 72.8 Å². The van der Waals surface area contributed by atoms with Crippen LogP contribution in [0, 0.1) is 0 Å². The van der Waals surface area contributed by atoms with Gasteiger partial charge in [-0.3, -0.25) is 0 Å². The first-order chi connectivity index (χ1) is 11.3. The average Bonchev–Trinajstić information content (AvgIpc) is 2.62. The van der Waals surface area contributed by atoms with E-state index in [1.807, 2.05) is 6.07 Å². The first-order valence-corrected chi connectivity index (χ1v) is 7.85. The lowest BCUT2D eigenvalue weighted by Gasteiger charge is -2.14. The summed E-state index contributed by atoms with van der Waals surface area (Å²) in [6, 6.07) is 27.8. The molecule has 5 rings (SSSR count). The molecule has 108 valence electrons. The molecule has 0 fully saturated rings. The predicted molar refractivity (Wildman–Crippen MR) is 101 cm³/mol. The van der Waals surface area contributed by atoms with Gasteiger partial charge in [0.2, 0.25) is 0 Å². The van der Waals surface area contributed by atoms with Gasteiger partial charge in [-0.2, -0.15) is 0 Å². The molecular weight excluding hydrogens is 278 g/mol. The average molecular weight is 293 g/mol. The summed E-state index contributed by atoms with van der Waals surface area (Å²) in [4.78, 5) is 0. The van der Waals surface area contributed by atoms with Crippen molar-refractivity contribution in [3.05, 3.63) is 78.9 Å². The van der Waals surface area contributed by atoms with Crippen LogP contribution in [0.1, 0.15) is 0 Å². The van der Waals surface area contributed by atoms with E-state index in [0.717, 1.165) is 16.5 Å². The standard InChI is InChI=1S/C22H15N/c23-22-15-8-2-1-7-14(15)13-20-18-11-4-3-9-16(18)17-10-5-6-12-19(17)21(20)22/h1-13H,23H2. The van der Waals surface area contributed by atoms with Crippen LogP contribution in [0.3, 0.4) is 0 Å². The number of nitrogen functional groups attached to an aromatic ring is 1. The Morgan fingerprint density at radius 1 is 0.478 bits per heavy atom. The Balaban J connectivity index is 2.22. The molecule has 2 N–H and O–H groups in total. The molecule has 23 heavy (non-hydrogen) atoms. The molecule has 0 aliphatic heterocycles. The quantitative estimate of drug-likeness (QED) is 0.215. The van der Waals surface area contributed by atoms with E-state index in [0.29, 0.717) is 0 Å². The van der Waals surface area contributed by atoms with Crippen LogP contribution in [0.5, 0.6) is 0 Å². The normalized spacial score (nSPS) is 11.7. The van der Waals surface area contributed by atoms with Gasteiger partial charge in [0, 0.05) is 16.5 Å². The van der Waals surface area contributed by atoms with E-state index in [2.05, 4.69) is 72.8 Å². The van der Waals surface area contributed by atoms with Crippen LogP contribution in [-0.2, 0) is 0 Å². The van der Waals surface area contributed by atoms with Crippen molar-refractivity contribution in [3.63, 3.8) is 0 Å². The monoisotopic (exact) mass is 293 g/mol. The van der Waals surface area contributed by atoms with Crippen LogP contribution in [0.4, 0.5) is 5.69 Å². The molecule has 0 atom stereocenters. The maximum atomic E-state index is 6.61. The Morgan fingerprint density at radius 2 is 0.957 bits per heavy atom. The summed E-state index contributed by atoms with van der Waals surface area (Å²) in [5, 5.41) is 9.75. The molecule has 0 aromatic heterocycles. The minimum absolute atomic E-state index is 0.875. The van der Waals surface area contributed by atoms with Gasteiger partial charge in [-0.05, 0) is 38.4 Å². The Labute approximate surface area is 133 Å². The summed E-state index contributed by atoms with van der Waals surface area (Å²) in [5.74, 6) is 0. The lowest BCUT2D eigenvalue weighted by molar-refractivity contribution is 1.76. The molecule has 0 bridgehead atoms. The molecule has 0 spiro atoms. The van der Waals surface area contributed by atoms with E-state index >= 15 is 0 Å². The smallest absolute Gasteiger partial charge is 0.0479 e. The topological polar surface area (TPSA) is 26.0 Å². The summed E-state index contributed by atoms with van der Waals surface area (Å²) in [6.07, 6.45) is 0. The van der Waals surface area contributed by atoms with Gasteiger partial charge >= 0.3 is 0 Å². The molecule has 0 amide bonds. The molecule has 0 heterocycles. The highest BCUT2D eigenvalue weighted by atomic mass is 14.6. The van der Waals surface area contributed by atoms with Gasteiger partial charge < -0.3 is 5.73 Å². The minimum atomic E-state index is 0.875. The number of nitrogens with two attached hydrogens (primary N) is 1. The second-order valence-corrected chi connectivity index (χ2v) is 6.03. The third kappa shape index (κ3) is 1.62. The number of rotatable bonds is 0. The Morgan fingerprint density at radius 3 is 1.65 bits per heavy atom. The predicted octanol–water partition coefficient (Wildman–Crippen LogP) is 5.88. The third-order valence-electron chi connectivity index (χ3n) is 4.79. The summed E-state index contributed by atoms with van der Waals surface area (Å²) in [5.41, 5.74) is 7.49. The fraction of sp³-hybridized carbons (Fsp3) is 0. The summed E-state index contributed by atoms with van der Waals surface area (Å²) < 4.78 is 0. The molecule has 5 aromatic carbocycles. The first-order valence-electron chi connectivity index (χ1n) is 7.85. The van der Waals surface area contributed by atoms with Gasteiger partial charge in [0.25, 0.3) is 0 Å². The molecule has 1 nitrogen and oxygen atoms in total. The number of hydrogen-bond acceptors (Lipinski definition) is 1. The zero-order chi connectivity index (χ0) is 15.4. The number of hydrogen-bond donors (Lipinski definition) is 1. The van der Waals surface area contributed by atoms with Crippen molar-refractivity contribution < 1.29 is 0 Å². The molecule has 0 unspecified atom stereocenters. The first kappa shape index (κ1) is 12.5. The Hall–Kier alpha value is -3.06. The second kappa shape index (κ2) is 4.47. The maximum absolute atomic E-state index is 6.61. The highest BCUT2D eigenvalue weighted by molar-refractivity contribution is 6.31. The van der Waals surface area contributed by atoms with Crippen LogP contribution in [0.15, 0.2) is 78.9 Å². The molecule has 1 heteroatoms. The van der Waals surface area contributed by atoms with Crippen molar-refractivity contribution in [1.82, 2.24) is 0 Å². The van der Waals surface area contributed by atoms with E-state index in [4.69, 9.17) is 5.73 Å². The highest BCUT2D eigenvalue weighted by Crippen LogP contribution is 2.40. The van der Waals surface area contributed by atoms with E-state index in [-0.39, 0.29) is 0 Å². The molecule has 0 radical (unpaired) electrons. The summed E-state index contributed by atoms with van der Waals surface area (Å²) >= 11 is 0. The third-order valence-corrected chi connectivity index (χ3v) is 4.79. The molecule has 5 aromatic rings. The lowest BCUT2D eigenvalue weighted by Crippen LogP contribution is -1.92. The van der Waals surface area contributed by atoms with Crippen LogP contribution < -0.4 is 5.73 Å². The molecule has 0 aliphatic rings. The van der Waals surface area contributed by atoms with Gasteiger partial charge in [0.1, 0.15) is 0 Å². The number of anilines is 1. The van der Waals surface area contributed by atoms with Crippen LogP contribution >= 0.6 is 0 Å². The lowest BCUT2D eigenvalue weighted by atomic mass is 9.91. The van der Waals surface area contributed by atoms with Gasteiger partial charge in [0.15, 0.2) is 0 Å². The van der Waals surface area contributed by atoms with Crippen LogP contribution in [0.2, 0.25) is 0 Å². The zero-order valence-electron chi connectivity index (χ0n) is 12.6. The van der Waals surface area contributed by atoms with Crippen molar-refractivity contribution in [2.75, 3.05) is 5.73 Å². The van der Waals surface area contributed by atoms with E-state index < -0.39 is 0 Å². The number of benzene rings is 5. The van der Waals surface area contributed by atoms with Crippen molar-refractivity contribution in [2.45, 2.75) is 0 Å². The fourth-order valence-electron chi connectivity index (χ4n) is 3.77. The molecule has 0 saturated heterocycles. The largest absolute Gasteiger partial charge is 0.398 e.